The highest BCUT2D eigenvalue weighted by Crippen LogP contribution is 2.16. The molecule has 0 amide bonds. The van der Waals surface area contributed by atoms with Crippen molar-refractivity contribution in [3.8, 4) is 0 Å². The lowest BCUT2D eigenvalue weighted by Crippen LogP contribution is -2.20. The van der Waals surface area contributed by atoms with Crippen LogP contribution >= 0.6 is 0 Å². The molecule has 1 heterocycles. The summed E-state index contributed by atoms with van der Waals surface area (Å²) in [4.78, 5) is 21.3. The molecule has 70 valence electrons. The molecule has 0 bridgehead atoms. The van der Waals surface area contributed by atoms with Crippen molar-refractivity contribution < 1.29 is 14.3 Å². The Labute approximate surface area is 77.1 Å². The van der Waals surface area contributed by atoms with Gasteiger partial charge in [-0.2, -0.15) is 0 Å². The monoisotopic (exact) mass is 180 g/mol. The summed E-state index contributed by atoms with van der Waals surface area (Å²) >= 11 is 0. The van der Waals surface area contributed by atoms with Crippen LogP contribution in [0.2, 0.25) is 0 Å². The molecule has 3 heteroatoms. The zero-order valence-corrected chi connectivity index (χ0v) is 7.74. The highest BCUT2D eigenvalue weighted by Gasteiger charge is 2.17. The number of ether oxygens (including phenoxy) is 1. The van der Waals surface area contributed by atoms with Crippen molar-refractivity contribution in [1.82, 2.24) is 0 Å². The van der Waals surface area contributed by atoms with Gasteiger partial charge >= 0.3 is 5.97 Å². The van der Waals surface area contributed by atoms with Crippen LogP contribution in [0, 0.1) is 0 Å². The summed E-state index contributed by atoms with van der Waals surface area (Å²) in [5.41, 5.74) is 1.57. The van der Waals surface area contributed by atoms with Gasteiger partial charge in [0.05, 0.1) is 0 Å². The molecule has 0 N–H and O–H groups in total. The molecule has 1 atom stereocenters. The molecule has 0 fully saturated rings. The molecule has 0 saturated carbocycles. The predicted octanol–water partition coefficient (Wildman–Crippen LogP) is 1.39. The van der Waals surface area contributed by atoms with Crippen LogP contribution in [0.25, 0.3) is 0 Å². The summed E-state index contributed by atoms with van der Waals surface area (Å²) in [5.74, 6) is -0.330. The topological polar surface area (TPSA) is 43.4 Å². The van der Waals surface area contributed by atoms with Crippen LogP contribution in [0.15, 0.2) is 23.3 Å². The van der Waals surface area contributed by atoms with E-state index in [0.717, 1.165) is 11.9 Å². The zero-order valence-electron chi connectivity index (χ0n) is 7.74. The fourth-order valence-electron chi connectivity index (χ4n) is 1.23. The standard InChI is InChI=1S/C10H12O3/c1-7-3-9(4-8(2)6-11)13-10(12)5-7/h4-6,9H,3H2,1-2H3/b8-4+. The molecule has 0 spiro atoms. The summed E-state index contributed by atoms with van der Waals surface area (Å²) in [6.45, 7) is 3.56. The van der Waals surface area contributed by atoms with Crippen molar-refractivity contribution in [3.63, 3.8) is 0 Å². The lowest BCUT2D eigenvalue weighted by molar-refractivity contribution is -0.142. The molecule has 3 nitrogen and oxygen atoms in total. The molecule has 0 saturated heterocycles. The Hall–Kier alpha value is -1.38. The van der Waals surface area contributed by atoms with Crippen LogP contribution < -0.4 is 0 Å². The molecule has 0 radical (unpaired) electrons. The number of allylic oxidation sites excluding steroid dienone is 1. The third-order valence-corrected chi connectivity index (χ3v) is 1.79. The summed E-state index contributed by atoms with van der Waals surface area (Å²) in [6.07, 6.45) is 4.29. The average Bonchev–Trinajstić information content (AvgIpc) is 2.02. The first-order valence-electron chi connectivity index (χ1n) is 4.13. The third kappa shape index (κ3) is 2.86. The quantitative estimate of drug-likeness (QED) is 0.366. The van der Waals surface area contributed by atoms with E-state index in [4.69, 9.17) is 4.74 Å². The molecule has 1 aliphatic heterocycles. The average molecular weight is 180 g/mol. The van der Waals surface area contributed by atoms with Gasteiger partial charge in [0.1, 0.15) is 12.4 Å². The Kier molecular flexibility index (Phi) is 3.01. The Morgan fingerprint density at radius 1 is 1.69 bits per heavy atom. The number of cyclic esters (lactones) is 1. The number of hydrogen-bond donors (Lipinski definition) is 0. The van der Waals surface area contributed by atoms with Crippen LogP contribution in [0.5, 0.6) is 0 Å². The maximum absolute atomic E-state index is 10.9. The first-order valence-corrected chi connectivity index (χ1v) is 4.13. The van der Waals surface area contributed by atoms with Crippen molar-refractivity contribution >= 4 is 12.3 Å². The lowest BCUT2D eigenvalue weighted by Gasteiger charge is -2.18. The molecule has 0 aromatic carbocycles. The normalized spacial score (nSPS) is 23.5. The predicted molar refractivity (Wildman–Crippen MR) is 48.1 cm³/mol. The first kappa shape index (κ1) is 9.71. The van der Waals surface area contributed by atoms with Gasteiger partial charge in [-0.3, -0.25) is 4.79 Å². The Morgan fingerprint density at radius 2 is 2.38 bits per heavy atom. The van der Waals surface area contributed by atoms with Crippen molar-refractivity contribution in [2.75, 3.05) is 0 Å². The van der Waals surface area contributed by atoms with Crippen LogP contribution in [0.3, 0.4) is 0 Å². The molecular weight excluding hydrogens is 168 g/mol. The Bertz CT molecular complexity index is 287. The lowest BCUT2D eigenvalue weighted by atomic mass is 10.1. The van der Waals surface area contributed by atoms with E-state index in [1.54, 1.807) is 13.0 Å². The fraction of sp³-hybridized carbons (Fsp3) is 0.400. The van der Waals surface area contributed by atoms with E-state index < -0.39 is 0 Å². The van der Waals surface area contributed by atoms with Crippen LogP contribution in [0.1, 0.15) is 20.3 Å². The van der Waals surface area contributed by atoms with Gasteiger partial charge in [0.15, 0.2) is 0 Å². The van der Waals surface area contributed by atoms with Gasteiger partial charge in [-0.15, -0.1) is 0 Å². The third-order valence-electron chi connectivity index (χ3n) is 1.79. The summed E-state index contributed by atoms with van der Waals surface area (Å²) in [7, 11) is 0. The maximum atomic E-state index is 10.9. The summed E-state index contributed by atoms with van der Waals surface area (Å²) < 4.78 is 4.98. The van der Waals surface area contributed by atoms with E-state index in [9.17, 15) is 9.59 Å². The number of esters is 1. The largest absolute Gasteiger partial charge is 0.455 e. The van der Waals surface area contributed by atoms with Crippen molar-refractivity contribution in [1.29, 1.82) is 0 Å². The molecule has 1 unspecified atom stereocenters. The van der Waals surface area contributed by atoms with Gasteiger partial charge in [0.25, 0.3) is 0 Å². The molecular formula is C10H12O3. The highest BCUT2D eigenvalue weighted by atomic mass is 16.5. The van der Waals surface area contributed by atoms with E-state index in [-0.39, 0.29) is 12.1 Å². The van der Waals surface area contributed by atoms with Crippen molar-refractivity contribution in [2.45, 2.75) is 26.4 Å². The number of aldehydes is 1. The zero-order chi connectivity index (χ0) is 9.84. The molecule has 0 aromatic rings. The highest BCUT2D eigenvalue weighted by molar-refractivity contribution is 5.84. The van der Waals surface area contributed by atoms with Crippen molar-refractivity contribution in [2.24, 2.45) is 0 Å². The molecule has 1 rings (SSSR count). The molecule has 0 aromatic heterocycles. The SMILES string of the molecule is CC1=CC(=O)OC(/C=C(\C)C=O)C1. The minimum atomic E-state index is -0.330. The number of carbonyl (C=O) groups is 2. The van der Waals surface area contributed by atoms with Gasteiger partial charge in [0, 0.05) is 12.5 Å². The van der Waals surface area contributed by atoms with Gasteiger partial charge in [0.2, 0.25) is 0 Å². The van der Waals surface area contributed by atoms with E-state index in [2.05, 4.69) is 0 Å². The second kappa shape index (κ2) is 4.03. The Morgan fingerprint density at radius 3 is 2.92 bits per heavy atom. The number of hydrogen-bond acceptors (Lipinski definition) is 3. The minimum absolute atomic E-state index is 0.275. The summed E-state index contributed by atoms with van der Waals surface area (Å²) in [6, 6.07) is 0. The van der Waals surface area contributed by atoms with Crippen LogP contribution in [-0.2, 0) is 14.3 Å². The van der Waals surface area contributed by atoms with E-state index in [1.165, 1.54) is 6.08 Å². The number of carbonyl (C=O) groups excluding carboxylic acids is 2. The van der Waals surface area contributed by atoms with Crippen LogP contribution in [-0.4, -0.2) is 18.4 Å². The molecule has 0 aliphatic carbocycles. The minimum Gasteiger partial charge on any atom is -0.455 e. The summed E-state index contributed by atoms with van der Waals surface area (Å²) in [5, 5.41) is 0. The van der Waals surface area contributed by atoms with Crippen LogP contribution in [0.4, 0.5) is 0 Å². The van der Waals surface area contributed by atoms with Crippen molar-refractivity contribution in [3.05, 3.63) is 23.3 Å². The second-order valence-electron chi connectivity index (χ2n) is 3.20. The first-order chi connectivity index (χ1) is 6.11. The smallest absolute Gasteiger partial charge is 0.331 e. The molecule has 13 heavy (non-hydrogen) atoms. The van der Waals surface area contributed by atoms with Gasteiger partial charge < -0.3 is 4.74 Å². The van der Waals surface area contributed by atoms with E-state index in [0.29, 0.717) is 12.0 Å². The maximum Gasteiger partial charge on any atom is 0.331 e. The van der Waals surface area contributed by atoms with E-state index >= 15 is 0 Å². The second-order valence-corrected chi connectivity index (χ2v) is 3.20. The molecule has 1 aliphatic rings. The van der Waals surface area contributed by atoms with Gasteiger partial charge in [-0.25, -0.2) is 4.79 Å². The number of rotatable bonds is 2. The Balaban J connectivity index is 2.70. The fourth-order valence-corrected chi connectivity index (χ4v) is 1.23. The van der Waals surface area contributed by atoms with E-state index in [1.807, 2.05) is 6.92 Å². The van der Waals surface area contributed by atoms with Gasteiger partial charge in [-0.05, 0) is 25.5 Å². The van der Waals surface area contributed by atoms with Gasteiger partial charge in [-0.1, -0.05) is 5.57 Å².